The summed E-state index contributed by atoms with van der Waals surface area (Å²) in [4.78, 5) is 9.71. The highest BCUT2D eigenvalue weighted by molar-refractivity contribution is 7.47. The van der Waals surface area contributed by atoms with Gasteiger partial charge in [-0.05, 0) is 12.8 Å². The molecule has 0 saturated heterocycles. The maximum absolute atomic E-state index is 11.8. The van der Waals surface area contributed by atoms with Gasteiger partial charge in [0.05, 0.1) is 13.2 Å². The Balaban J connectivity index is 0.00000166. The highest BCUT2D eigenvalue weighted by Gasteiger charge is 2.19. The molecule has 0 aromatic heterocycles. The van der Waals surface area contributed by atoms with Crippen molar-refractivity contribution in [3.63, 3.8) is 0 Å². The topological polar surface area (TPSA) is 55.8 Å². The van der Waals surface area contributed by atoms with Crippen molar-refractivity contribution in [3.8, 4) is 0 Å². The molecule has 0 atom stereocenters. The standard InChI is InChI=1S/C24H51O4P.C6H6/c1-3-5-7-9-11-13-15-17-19-21-23-27-29(25,26)28-24-22-20-18-16-14-12-10-8-6-4-2;1-2-4-6-5-3-1/h3-24H2,1-2H3,(H,25,26);1-6H. The van der Waals surface area contributed by atoms with Crippen LogP contribution >= 0.6 is 7.82 Å². The predicted octanol–water partition coefficient (Wildman–Crippen LogP) is 10.6. The van der Waals surface area contributed by atoms with Crippen molar-refractivity contribution < 1.29 is 18.5 Å². The van der Waals surface area contributed by atoms with Crippen molar-refractivity contribution in [2.45, 2.75) is 142 Å². The smallest absolute Gasteiger partial charge is 0.302 e. The SMILES string of the molecule is CCCCCCCCCCCCOP(=O)(O)OCCCCCCCCCCCC.c1ccccc1. The Morgan fingerprint density at radius 1 is 0.457 bits per heavy atom. The summed E-state index contributed by atoms with van der Waals surface area (Å²) in [7, 11) is -3.85. The van der Waals surface area contributed by atoms with Gasteiger partial charge in [-0.25, -0.2) is 4.57 Å². The molecule has 0 fully saturated rings. The van der Waals surface area contributed by atoms with E-state index in [0.29, 0.717) is 13.2 Å². The molecule has 1 aromatic rings. The van der Waals surface area contributed by atoms with E-state index < -0.39 is 7.82 Å². The minimum Gasteiger partial charge on any atom is -0.302 e. The van der Waals surface area contributed by atoms with Crippen LogP contribution in [0.2, 0.25) is 0 Å². The molecule has 5 heteroatoms. The van der Waals surface area contributed by atoms with Crippen molar-refractivity contribution in [3.05, 3.63) is 36.4 Å². The number of benzene rings is 1. The molecule has 4 nitrogen and oxygen atoms in total. The maximum Gasteiger partial charge on any atom is 0.472 e. The van der Waals surface area contributed by atoms with Crippen molar-refractivity contribution in [1.29, 1.82) is 0 Å². The second kappa shape index (κ2) is 27.9. The van der Waals surface area contributed by atoms with Crippen LogP contribution in [-0.4, -0.2) is 18.1 Å². The molecule has 0 aliphatic carbocycles. The lowest BCUT2D eigenvalue weighted by molar-refractivity contribution is 0.145. The van der Waals surface area contributed by atoms with E-state index in [-0.39, 0.29) is 0 Å². The normalized spacial score (nSPS) is 11.3. The average molecular weight is 513 g/mol. The molecular formula is C30H57O4P. The summed E-state index contributed by atoms with van der Waals surface area (Å²) in [5, 5.41) is 0. The molecule has 0 aliphatic heterocycles. The Morgan fingerprint density at radius 2 is 0.686 bits per heavy atom. The Kier molecular flexibility index (Phi) is 27.4. The van der Waals surface area contributed by atoms with Gasteiger partial charge in [0.25, 0.3) is 0 Å². The van der Waals surface area contributed by atoms with Crippen LogP contribution < -0.4 is 0 Å². The summed E-state index contributed by atoms with van der Waals surface area (Å²) < 4.78 is 22.0. The van der Waals surface area contributed by atoms with Crippen molar-refractivity contribution >= 4 is 7.82 Å². The number of rotatable bonds is 24. The minimum atomic E-state index is -3.85. The second-order valence-electron chi connectivity index (χ2n) is 9.65. The summed E-state index contributed by atoms with van der Waals surface area (Å²) in [6, 6.07) is 12.0. The third-order valence-corrected chi connectivity index (χ3v) is 7.19. The van der Waals surface area contributed by atoms with Gasteiger partial charge in [0, 0.05) is 0 Å². The molecule has 0 spiro atoms. The van der Waals surface area contributed by atoms with Gasteiger partial charge in [-0.1, -0.05) is 166 Å². The molecule has 1 aromatic carbocycles. The predicted molar refractivity (Wildman–Crippen MR) is 152 cm³/mol. The molecule has 0 saturated carbocycles. The number of phosphoric ester groups is 1. The van der Waals surface area contributed by atoms with Gasteiger partial charge in [-0.3, -0.25) is 9.05 Å². The fraction of sp³-hybridized carbons (Fsp3) is 0.800. The van der Waals surface area contributed by atoms with Crippen LogP contribution in [0.5, 0.6) is 0 Å². The maximum atomic E-state index is 11.8. The van der Waals surface area contributed by atoms with E-state index in [0.717, 1.165) is 25.7 Å². The van der Waals surface area contributed by atoms with Gasteiger partial charge in [0.1, 0.15) is 0 Å². The fourth-order valence-electron chi connectivity index (χ4n) is 3.96. The zero-order chi connectivity index (χ0) is 25.7. The van der Waals surface area contributed by atoms with Crippen LogP contribution in [0.25, 0.3) is 0 Å². The molecule has 35 heavy (non-hydrogen) atoms. The van der Waals surface area contributed by atoms with E-state index in [1.165, 1.54) is 103 Å². The monoisotopic (exact) mass is 512 g/mol. The summed E-state index contributed by atoms with van der Waals surface area (Å²) in [5.74, 6) is 0. The molecular weight excluding hydrogens is 455 g/mol. The number of hydrogen-bond donors (Lipinski definition) is 1. The van der Waals surface area contributed by atoms with Crippen molar-refractivity contribution in [2.75, 3.05) is 13.2 Å². The van der Waals surface area contributed by atoms with Gasteiger partial charge in [-0.15, -0.1) is 0 Å². The minimum absolute atomic E-state index is 0.322. The van der Waals surface area contributed by atoms with Crippen LogP contribution in [0.3, 0.4) is 0 Å². The first-order valence-electron chi connectivity index (χ1n) is 14.7. The first kappa shape index (κ1) is 34.3. The Morgan fingerprint density at radius 3 is 0.943 bits per heavy atom. The van der Waals surface area contributed by atoms with Gasteiger partial charge in [0.15, 0.2) is 0 Å². The largest absolute Gasteiger partial charge is 0.472 e. The Labute approximate surface area is 218 Å². The number of unbranched alkanes of at least 4 members (excludes halogenated alkanes) is 18. The molecule has 0 unspecified atom stereocenters. The summed E-state index contributed by atoms with van der Waals surface area (Å²) >= 11 is 0. The molecule has 0 aliphatic rings. The molecule has 0 heterocycles. The van der Waals surface area contributed by atoms with E-state index in [2.05, 4.69) is 13.8 Å². The quantitative estimate of drug-likeness (QED) is 0.110. The molecule has 0 radical (unpaired) electrons. The van der Waals surface area contributed by atoms with E-state index in [4.69, 9.17) is 9.05 Å². The number of hydrogen-bond acceptors (Lipinski definition) is 3. The first-order chi connectivity index (χ1) is 17.1. The number of phosphoric acid groups is 1. The molecule has 206 valence electrons. The van der Waals surface area contributed by atoms with Gasteiger partial charge < -0.3 is 4.89 Å². The van der Waals surface area contributed by atoms with Crippen LogP contribution in [0.15, 0.2) is 36.4 Å². The highest BCUT2D eigenvalue weighted by Crippen LogP contribution is 2.43. The molecule has 1 N–H and O–H groups in total. The van der Waals surface area contributed by atoms with Gasteiger partial charge in [0.2, 0.25) is 0 Å². The van der Waals surface area contributed by atoms with E-state index in [1.807, 2.05) is 36.4 Å². The van der Waals surface area contributed by atoms with Crippen LogP contribution in [0.4, 0.5) is 0 Å². The second-order valence-corrected chi connectivity index (χ2v) is 11.1. The molecule has 0 bridgehead atoms. The summed E-state index contributed by atoms with van der Waals surface area (Å²) in [5.41, 5.74) is 0. The molecule has 0 amide bonds. The van der Waals surface area contributed by atoms with Crippen molar-refractivity contribution in [2.24, 2.45) is 0 Å². The zero-order valence-corrected chi connectivity index (χ0v) is 24.0. The average Bonchev–Trinajstić information content (AvgIpc) is 2.87. The summed E-state index contributed by atoms with van der Waals surface area (Å²) in [6.45, 7) is 5.14. The Bertz CT molecular complexity index is 496. The lowest BCUT2D eigenvalue weighted by Gasteiger charge is -2.12. The lowest BCUT2D eigenvalue weighted by Crippen LogP contribution is -1.99. The van der Waals surface area contributed by atoms with E-state index >= 15 is 0 Å². The van der Waals surface area contributed by atoms with Crippen LogP contribution in [-0.2, 0) is 13.6 Å². The first-order valence-corrected chi connectivity index (χ1v) is 16.2. The van der Waals surface area contributed by atoms with E-state index in [1.54, 1.807) is 0 Å². The third kappa shape index (κ3) is 29.5. The third-order valence-electron chi connectivity index (χ3n) is 6.17. The highest BCUT2D eigenvalue weighted by atomic mass is 31.2. The van der Waals surface area contributed by atoms with Gasteiger partial charge >= 0.3 is 7.82 Å². The van der Waals surface area contributed by atoms with Gasteiger partial charge in [-0.2, -0.15) is 0 Å². The van der Waals surface area contributed by atoms with E-state index in [9.17, 15) is 9.46 Å². The summed E-state index contributed by atoms with van der Waals surface area (Å²) in [6.07, 6.45) is 24.8. The Hall–Kier alpha value is -0.670. The lowest BCUT2D eigenvalue weighted by atomic mass is 10.1. The molecule has 1 rings (SSSR count). The van der Waals surface area contributed by atoms with Crippen molar-refractivity contribution in [1.82, 2.24) is 0 Å². The zero-order valence-electron chi connectivity index (χ0n) is 23.1. The van der Waals surface area contributed by atoms with Crippen LogP contribution in [0, 0.1) is 0 Å². The fourth-order valence-corrected chi connectivity index (χ4v) is 4.76. The van der Waals surface area contributed by atoms with Crippen LogP contribution in [0.1, 0.15) is 142 Å².